The number of rotatable bonds is 6. The molecule has 2 saturated heterocycles. The molecule has 1 amide bonds. The van der Waals surface area contributed by atoms with Gasteiger partial charge in [-0.05, 0) is 50.2 Å². The molecule has 4 rings (SSSR count). The van der Waals surface area contributed by atoms with E-state index in [2.05, 4.69) is 4.98 Å². The first-order valence-corrected chi connectivity index (χ1v) is 9.62. The van der Waals surface area contributed by atoms with Crippen LogP contribution < -0.4 is 0 Å². The Morgan fingerprint density at radius 2 is 2.28 bits per heavy atom. The predicted molar refractivity (Wildman–Crippen MR) is 94.1 cm³/mol. The van der Waals surface area contributed by atoms with Gasteiger partial charge in [-0.25, -0.2) is 0 Å². The molecular weight excluding hydrogens is 316 g/mol. The molecule has 5 heteroatoms. The van der Waals surface area contributed by atoms with Crippen molar-refractivity contribution in [2.24, 2.45) is 11.3 Å². The maximum absolute atomic E-state index is 12.8. The van der Waals surface area contributed by atoms with E-state index in [0.717, 1.165) is 63.8 Å². The number of hydrogen-bond acceptors (Lipinski definition) is 4. The molecule has 3 fully saturated rings. The van der Waals surface area contributed by atoms with Gasteiger partial charge >= 0.3 is 0 Å². The van der Waals surface area contributed by atoms with Gasteiger partial charge in [0.2, 0.25) is 5.91 Å². The first-order valence-electron chi connectivity index (χ1n) is 9.62. The van der Waals surface area contributed by atoms with Gasteiger partial charge in [0.1, 0.15) is 0 Å². The number of carbonyl (C=O) groups is 1. The van der Waals surface area contributed by atoms with E-state index >= 15 is 0 Å². The summed E-state index contributed by atoms with van der Waals surface area (Å²) in [6.07, 6.45) is 8.05. The molecule has 0 bridgehead atoms. The zero-order valence-electron chi connectivity index (χ0n) is 14.9. The maximum Gasteiger partial charge on any atom is 0.228 e. The molecule has 2 aliphatic heterocycles. The van der Waals surface area contributed by atoms with Crippen LogP contribution >= 0.6 is 0 Å². The number of nitrogens with zero attached hydrogens (tertiary/aromatic N) is 2. The van der Waals surface area contributed by atoms with Crippen LogP contribution in [0.15, 0.2) is 24.4 Å². The molecule has 5 nitrogen and oxygen atoms in total. The average Bonchev–Trinajstić information content (AvgIpc) is 3.46. The summed E-state index contributed by atoms with van der Waals surface area (Å²) in [6.45, 7) is 3.98. The van der Waals surface area contributed by atoms with E-state index < -0.39 is 0 Å². The average molecular weight is 344 g/mol. The van der Waals surface area contributed by atoms with Crippen molar-refractivity contribution in [3.8, 4) is 0 Å². The van der Waals surface area contributed by atoms with Crippen molar-refractivity contribution in [3.63, 3.8) is 0 Å². The molecule has 2 atom stereocenters. The standard InChI is InChI=1S/C20H28N2O3/c23-19(12-17-4-1-2-9-21-17)22-10-7-18-20(14-22,8-3-11-25-18)15-24-13-16-5-6-16/h1-2,4,9,16,18H,3,5-8,10-15H2/t18-,20+/m1/s1. The molecule has 3 heterocycles. The fraction of sp³-hybridized carbons (Fsp3) is 0.700. The topological polar surface area (TPSA) is 51.7 Å². The molecule has 1 aliphatic carbocycles. The van der Waals surface area contributed by atoms with Gasteiger partial charge in [0.15, 0.2) is 0 Å². The van der Waals surface area contributed by atoms with Gasteiger partial charge in [0.05, 0.1) is 19.1 Å². The van der Waals surface area contributed by atoms with Crippen LogP contribution in [0.2, 0.25) is 0 Å². The number of amides is 1. The van der Waals surface area contributed by atoms with Crippen LogP contribution in [0.3, 0.4) is 0 Å². The summed E-state index contributed by atoms with van der Waals surface area (Å²) < 4.78 is 12.1. The van der Waals surface area contributed by atoms with Gasteiger partial charge in [-0.15, -0.1) is 0 Å². The lowest BCUT2D eigenvalue weighted by Gasteiger charge is -2.50. The third kappa shape index (κ3) is 4.04. The predicted octanol–water partition coefficient (Wildman–Crippen LogP) is 2.45. The number of likely N-dealkylation sites (tertiary alicyclic amines) is 1. The Balaban J connectivity index is 1.40. The number of carbonyl (C=O) groups excluding carboxylic acids is 1. The molecule has 0 spiro atoms. The van der Waals surface area contributed by atoms with Crippen LogP contribution in [-0.4, -0.2) is 54.8 Å². The van der Waals surface area contributed by atoms with Crippen molar-refractivity contribution in [2.45, 2.75) is 44.6 Å². The number of fused-ring (bicyclic) bond motifs is 1. The summed E-state index contributed by atoms with van der Waals surface area (Å²) in [5, 5.41) is 0. The number of piperidine rings is 1. The quantitative estimate of drug-likeness (QED) is 0.795. The highest BCUT2D eigenvalue weighted by molar-refractivity contribution is 5.78. The second-order valence-electron chi connectivity index (χ2n) is 7.89. The minimum atomic E-state index is -0.0227. The molecule has 1 aromatic heterocycles. The van der Waals surface area contributed by atoms with E-state index in [1.165, 1.54) is 12.8 Å². The molecule has 0 N–H and O–H groups in total. The normalized spacial score (nSPS) is 29.3. The highest BCUT2D eigenvalue weighted by Crippen LogP contribution is 2.41. The van der Waals surface area contributed by atoms with Crippen molar-refractivity contribution in [1.82, 2.24) is 9.88 Å². The Kier molecular flexibility index (Phi) is 5.04. The Labute approximate surface area is 149 Å². The molecule has 0 unspecified atom stereocenters. The van der Waals surface area contributed by atoms with E-state index in [9.17, 15) is 4.79 Å². The second kappa shape index (κ2) is 7.42. The molecule has 1 saturated carbocycles. The monoisotopic (exact) mass is 344 g/mol. The number of aromatic nitrogens is 1. The van der Waals surface area contributed by atoms with Gasteiger partial charge < -0.3 is 14.4 Å². The number of ether oxygens (including phenoxy) is 2. The third-order valence-corrected chi connectivity index (χ3v) is 5.84. The van der Waals surface area contributed by atoms with Crippen molar-refractivity contribution in [2.75, 3.05) is 32.9 Å². The van der Waals surface area contributed by atoms with E-state index in [0.29, 0.717) is 6.42 Å². The fourth-order valence-electron chi connectivity index (χ4n) is 4.20. The van der Waals surface area contributed by atoms with Gasteiger partial charge in [0, 0.05) is 43.6 Å². The lowest BCUT2D eigenvalue weighted by molar-refractivity contribution is -0.164. The van der Waals surface area contributed by atoms with Gasteiger partial charge in [-0.1, -0.05) is 6.07 Å². The summed E-state index contributed by atoms with van der Waals surface area (Å²) in [4.78, 5) is 19.1. The van der Waals surface area contributed by atoms with Crippen LogP contribution in [0.25, 0.3) is 0 Å². The van der Waals surface area contributed by atoms with Crippen molar-refractivity contribution < 1.29 is 14.3 Å². The third-order valence-electron chi connectivity index (χ3n) is 5.84. The highest BCUT2D eigenvalue weighted by atomic mass is 16.5. The summed E-state index contributed by atoms with van der Waals surface area (Å²) in [5.41, 5.74) is 0.819. The lowest BCUT2D eigenvalue weighted by atomic mass is 9.73. The van der Waals surface area contributed by atoms with Crippen LogP contribution in [0.1, 0.15) is 37.8 Å². The summed E-state index contributed by atoms with van der Waals surface area (Å²) >= 11 is 0. The van der Waals surface area contributed by atoms with Crippen molar-refractivity contribution in [1.29, 1.82) is 0 Å². The van der Waals surface area contributed by atoms with E-state index in [1.807, 2.05) is 23.1 Å². The van der Waals surface area contributed by atoms with Gasteiger partial charge in [-0.2, -0.15) is 0 Å². The van der Waals surface area contributed by atoms with Gasteiger partial charge in [-0.3, -0.25) is 9.78 Å². The summed E-state index contributed by atoms with van der Waals surface area (Å²) in [5.74, 6) is 0.939. The lowest BCUT2D eigenvalue weighted by Crippen LogP contribution is -2.58. The first-order chi connectivity index (χ1) is 12.3. The fourth-order valence-corrected chi connectivity index (χ4v) is 4.20. The van der Waals surface area contributed by atoms with Crippen molar-refractivity contribution in [3.05, 3.63) is 30.1 Å². The van der Waals surface area contributed by atoms with Crippen LogP contribution in [-0.2, 0) is 20.7 Å². The number of hydrogen-bond donors (Lipinski definition) is 0. The molecule has 3 aliphatic rings. The Bertz CT molecular complexity index is 590. The first kappa shape index (κ1) is 17.0. The number of pyridine rings is 1. The maximum atomic E-state index is 12.8. The summed E-state index contributed by atoms with van der Waals surface area (Å²) in [6, 6.07) is 5.73. The van der Waals surface area contributed by atoms with Crippen LogP contribution in [0.5, 0.6) is 0 Å². The smallest absolute Gasteiger partial charge is 0.228 e. The molecule has 0 aromatic carbocycles. The Morgan fingerprint density at radius 3 is 3.08 bits per heavy atom. The van der Waals surface area contributed by atoms with Crippen LogP contribution in [0, 0.1) is 11.3 Å². The van der Waals surface area contributed by atoms with Gasteiger partial charge in [0.25, 0.3) is 0 Å². The van der Waals surface area contributed by atoms with E-state index in [4.69, 9.17) is 9.47 Å². The molecule has 1 aromatic rings. The largest absolute Gasteiger partial charge is 0.380 e. The highest BCUT2D eigenvalue weighted by Gasteiger charge is 2.47. The van der Waals surface area contributed by atoms with E-state index in [-0.39, 0.29) is 17.4 Å². The van der Waals surface area contributed by atoms with Crippen LogP contribution in [0.4, 0.5) is 0 Å². The van der Waals surface area contributed by atoms with E-state index in [1.54, 1.807) is 6.20 Å². The second-order valence-corrected chi connectivity index (χ2v) is 7.89. The minimum Gasteiger partial charge on any atom is -0.380 e. The zero-order chi connectivity index (χ0) is 17.1. The zero-order valence-corrected chi connectivity index (χ0v) is 14.9. The molecule has 25 heavy (non-hydrogen) atoms. The van der Waals surface area contributed by atoms with Crippen molar-refractivity contribution >= 4 is 5.91 Å². The summed E-state index contributed by atoms with van der Waals surface area (Å²) in [7, 11) is 0. The Hall–Kier alpha value is -1.46. The minimum absolute atomic E-state index is 0.0227. The SMILES string of the molecule is O=C(Cc1ccccn1)N1CC[C@H]2OCCC[C@@]2(COCC2CC2)C1. The molecule has 0 radical (unpaired) electrons. The molecular formula is C20H28N2O3. The Morgan fingerprint density at radius 1 is 1.36 bits per heavy atom. The molecule has 136 valence electrons.